The van der Waals surface area contributed by atoms with Crippen molar-refractivity contribution in [3.8, 4) is 22.3 Å². The summed E-state index contributed by atoms with van der Waals surface area (Å²) in [4.78, 5) is 5.53. The molecule has 12 rings (SSSR count). The van der Waals surface area contributed by atoms with Gasteiger partial charge in [0.15, 0.2) is 0 Å². The topological polar surface area (TPSA) is 3.24 Å². The van der Waals surface area contributed by atoms with Crippen LogP contribution in [0.15, 0.2) is 149 Å². The van der Waals surface area contributed by atoms with E-state index in [-0.39, 0.29) is 16.2 Å². The van der Waals surface area contributed by atoms with E-state index in [9.17, 15) is 0 Å². The lowest BCUT2D eigenvalue weighted by molar-refractivity contribution is -0.235. The van der Waals surface area contributed by atoms with Crippen molar-refractivity contribution in [1.29, 1.82) is 0 Å². The van der Waals surface area contributed by atoms with Gasteiger partial charge in [-0.05, 0) is 171 Å². The number of nitrogens with zero attached hydrogens (tertiary/aromatic N) is 1. The average Bonchev–Trinajstić information content (AvgIpc) is 3.76. The van der Waals surface area contributed by atoms with E-state index in [0.717, 1.165) is 23.7 Å². The highest BCUT2D eigenvalue weighted by molar-refractivity contribution is 7.99. The molecule has 56 heavy (non-hydrogen) atoms. The predicted molar refractivity (Wildman–Crippen MR) is 233 cm³/mol. The van der Waals surface area contributed by atoms with Gasteiger partial charge < -0.3 is 4.90 Å². The van der Waals surface area contributed by atoms with Crippen LogP contribution in [0, 0.1) is 29.1 Å². The van der Waals surface area contributed by atoms with E-state index in [4.69, 9.17) is 0 Å². The van der Waals surface area contributed by atoms with Crippen LogP contribution in [0.5, 0.6) is 0 Å². The number of benzene rings is 6. The minimum Gasteiger partial charge on any atom is -0.310 e. The summed E-state index contributed by atoms with van der Waals surface area (Å²) in [6, 6.07) is 53.6. The van der Waals surface area contributed by atoms with Crippen molar-refractivity contribution in [2.45, 2.75) is 92.3 Å². The molecule has 0 amide bonds. The quantitative estimate of drug-likeness (QED) is 0.173. The SMILES string of the molecule is CC1(C)CCC(C)(C)c2c(N(c3ccc(-c4ccccc4)cc3)c3ccc(-c4ccc5c(c4)C4(c6ccccc6S5)C5CC6CC7CC4C75C6)cc3)cccc21. The van der Waals surface area contributed by atoms with Crippen molar-refractivity contribution in [2.24, 2.45) is 29.1 Å². The van der Waals surface area contributed by atoms with E-state index in [2.05, 4.69) is 172 Å². The van der Waals surface area contributed by atoms with Gasteiger partial charge in [-0.3, -0.25) is 0 Å². The van der Waals surface area contributed by atoms with Gasteiger partial charge in [-0.1, -0.05) is 130 Å². The van der Waals surface area contributed by atoms with E-state index >= 15 is 0 Å². The highest BCUT2D eigenvalue weighted by atomic mass is 32.2. The van der Waals surface area contributed by atoms with Gasteiger partial charge in [-0.2, -0.15) is 0 Å². The zero-order chi connectivity index (χ0) is 37.6. The molecule has 2 heteroatoms. The lowest BCUT2D eigenvalue weighted by Crippen LogP contribution is -2.74. The molecule has 2 spiro atoms. The highest BCUT2D eigenvalue weighted by Crippen LogP contribution is 2.89. The third-order valence-corrected chi connectivity index (χ3v) is 17.4. The van der Waals surface area contributed by atoms with Crippen molar-refractivity contribution in [3.05, 3.63) is 162 Å². The summed E-state index contributed by atoms with van der Waals surface area (Å²) < 4.78 is 0. The van der Waals surface area contributed by atoms with Gasteiger partial charge in [0.1, 0.15) is 0 Å². The molecule has 6 aromatic carbocycles. The summed E-state index contributed by atoms with van der Waals surface area (Å²) in [7, 11) is 0. The Balaban J connectivity index is 0.966. The second kappa shape index (κ2) is 11.5. The van der Waals surface area contributed by atoms with Crippen LogP contribution in [-0.4, -0.2) is 0 Å². The van der Waals surface area contributed by atoms with Gasteiger partial charge in [0, 0.05) is 26.6 Å². The van der Waals surface area contributed by atoms with E-state index in [0.29, 0.717) is 5.41 Å². The molecule has 0 N–H and O–H groups in total. The Morgan fingerprint density at radius 3 is 1.88 bits per heavy atom. The van der Waals surface area contributed by atoms with Crippen LogP contribution >= 0.6 is 11.8 Å². The molecule has 6 unspecified atom stereocenters. The molecule has 278 valence electrons. The van der Waals surface area contributed by atoms with Crippen LogP contribution in [0.25, 0.3) is 22.3 Å². The van der Waals surface area contributed by atoms with Gasteiger partial charge in [-0.15, -0.1) is 0 Å². The third kappa shape index (κ3) is 4.35. The van der Waals surface area contributed by atoms with Crippen molar-refractivity contribution < 1.29 is 0 Å². The normalized spacial score (nSPS) is 29.0. The number of hydrogen-bond donors (Lipinski definition) is 0. The molecule has 0 saturated heterocycles. The smallest absolute Gasteiger partial charge is 0.0502 e. The molecular weight excluding hydrogens is 695 g/mol. The molecule has 2 bridgehead atoms. The Morgan fingerprint density at radius 1 is 0.518 bits per heavy atom. The molecule has 5 aliphatic carbocycles. The summed E-state index contributed by atoms with van der Waals surface area (Å²) in [6.45, 7) is 9.77. The van der Waals surface area contributed by atoms with Gasteiger partial charge in [0.05, 0.1) is 5.69 Å². The Bertz CT molecular complexity index is 2550. The fraction of sp³-hybridized carbons (Fsp3) is 0.333. The van der Waals surface area contributed by atoms with Crippen LogP contribution in [0.1, 0.15) is 88.5 Å². The summed E-state index contributed by atoms with van der Waals surface area (Å²) in [5, 5.41) is 0. The molecule has 1 aliphatic heterocycles. The first kappa shape index (κ1) is 33.6. The maximum absolute atomic E-state index is 2.64. The van der Waals surface area contributed by atoms with Crippen LogP contribution in [-0.2, 0) is 16.2 Å². The first-order chi connectivity index (χ1) is 27.2. The lowest BCUT2D eigenvalue weighted by atomic mass is 9.26. The fourth-order valence-corrected chi connectivity index (χ4v) is 15.0. The zero-order valence-corrected chi connectivity index (χ0v) is 34.0. The maximum atomic E-state index is 2.64. The lowest BCUT2D eigenvalue weighted by Gasteiger charge is -2.78. The zero-order valence-electron chi connectivity index (χ0n) is 33.2. The van der Waals surface area contributed by atoms with Crippen LogP contribution < -0.4 is 4.90 Å². The standard InChI is InChI=1S/C54H51NS/c1-51(2)27-28-52(3,4)50-43(51)14-10-15-45(50)55(40-22-17-36(18-23-40)35-11-6-5-7-12-35)41-24-19-37(20-25-41)38-21-26-47-44(31-38)54(42-13-8-9-16-46(42)56-47)48-30-34-29-39-32-49(54)53(39,48)33-34/h5-26,31,34,39,48-49H,27-30,32-33H2,1-4H3. The molecule has 6 aromatic rings. The summed E-state index contributed by atoms with van der Waals surface area (Å²) in [5.41, 5.74) is 16.1. The average molecular weight is 746 g/mol. The molecule has 4 saturated carbocycles. The molecule has 0 radical (unpaired) electrons. The Morgan fingerprint density at radius 2 is 1.12 bits per heavy atom. The monoisotopic (exact) mass is 745 g/mol. The molecular formula is C54H51NS. The molecule has 4 fully saturated rings. The number of hydrogen-bond acceptors (Lipinski definition) is 2. The number of rotatable bonds is 5. The molecule has 0 aromatic heterocycles. The minimum absolute atomic E-state index is 0.0682. The first-order valence-corrected chi connectivity index (χ1v) is 22.1. The van der Waals surface area contributed by atoms with Crippen molar-refractivity contribution >= 4 is 28.8 Å². The second-order valence-corrected chi connectivity index (χ2v) is 20.7. The van der Waals surface area contributed by atoms with Crippen molar-refractivity contribution in [1.82, 2.24) is 0 Å². The van der Waals surface area contributed by atoms with E-state index < -0.39 is 0 Å². The molecule has 6 atom stereocenters. The highest BCUT2D eigenvalue weighted by Gasteiger charge is 2.84. The van der Waals surface area contributed by atoms with Crippen LogP contribution in [0.4, 0.5) is 17.1 Å². The van der Waals surface area contributed by atoms with E-state index in [1.54, 1.807) is 11.1 Å². The summed E-state index contributed by atoms with van der Waals surface area (Å²) >= 11 is 2.01. The van der Waals surface area contributed by atoms with Gasteiger partial charge in [0.25, 0.3) is 0 Å². The first-order valence-electron chi connectivity index (χ1n) is 21.3. The molecule has 1 nitrogen and oxygen atoms in total. The van der Waals surface area contributed by atoms with Crippen LogP contribution in [0.2, 0.25) is 0 Å². The number of anilines is 3. The minimum atomic E-state index is 0.0682. The summed E-state index contributed by atoms with van der Waals surface area (Å²) in [5.74, 6) is 3.57. The molecule has 6 aliphatic rings. The Labute approximate surface area is 337 Å². The predicted octanol–water partition coefficient (Wildman–Crippen LogP) is 14.7. The van der Waals surface area contributed by atoms with E-state index in [1.807, 2.05) is 11.8 Å². The Hall–Kier alpha value is -4.53. The van der Waals surface area contributed by atoms with Gasteiger partial charge in [-0.25, -0.2) is 0 Å². The Kier molecular flexibility index (Phi) is 6.92. The fourth-order valence-electron chi connectivity index (χ4n) is 13.8. The van der Waals surface area contributed by atoms with Gasteiger partial charge in [0.2, 0.25) is 0 Å². The van der Waals surface area contributed by atoms with E-state index in [1.165, 1.54) is 98.8 Å². The van der Waals surface area contributed by atoms with Crippen molar-refractivity contribution in [2.75, 3.05) is 4.90 Å². The largest absolute Gasteiger partial charge is 0.310 e. The van der Waals surface area contributed by atoms with Crippen LogP contribution in [0.3, 0.4) is 0 Å². The third-order valence-electron chi connectivity index (χ3n) is 16.2. The second-order valence-electron chi connectivity index (χ2n) is 19.6. The number of fused-ring (bicyclic) bond motifs is 8. The van der Waals surface area contributed by atoms with Crippen molar-refractivity contribution in [3.63, 3.8) is 0 Å². The summed E-state index contributed by atoms with van der Waals surface area (Å²) in [6.07, 6.45) is 8.26. The maximum Gasteiger partial charge on any atom is 0.0502 e. The van der Waals surface area contributed by atoms with Gasteiger partial charge >= 0.3 is 0 Å². The molecule has 1 heterocycles.